The summed E-state index contributed by atoms with van der Waals surface area (Å²) in [5.41, 5.74) is -0.360. The van der Waals surface area contributed by atoms with Gasteiger partial charge in [0.25, 0.3) is 0 Å². The molecule has 1 saturated heterocycles. The zero-order valence-corrected chi connectivity index (χ0v) is 11.5. The molecule has 0 N–H and O–H groups in total. The van der Waals surface area contributed by atoms with Crippen LogP contribution in [0.1, 0.15) is 20.8 Å². The normalized spacial score (nSPS) is 20.4. The lowest BCUT2D eigenvalue weighted by atomic mass is 9.93. The lowest BCUT2D eigenvalue weighted by Crippen LogP contribution is -2.50. The first-order valence-electron chi connectivity index (χ1n) is 6.15. The Kier molecular flexibility index (Phi) is 4.64. The zero-order chi connectivity index (χ0) is 14.0. The number of aliphatic imine (C=N–C) groups is 1. The van der Waals surface area contributed by atoms with Gasteiger partial charge in [-0.05, 0) is 7.05 Å². The Morgan fingerprint density at radius 3 is 1.94 bits per heavy atom. The van der Waals surface area contributed by atoms with Gasteiger partial charge in [-0.2, -0.15) is 13.2 Å². The summed E-state index contributed by atoms with van der Waals surface area (Å²) in [4.78, 5) is 7.96. The molecule has 0 aromatic carbocycles. The molecule has 0 aromatic heterocycles. The average Bonchev–Trinajstić information content (AvgIpc) is 2.17. The fraction of sp³-hybridized carbons (Fsp3) is 0.917. The highest BCUT2D eigenvalue weighted by atomic mass is 19.4. The summed E-state index contributed by atoms with van der Waals surface area (Å²) in [6, 6.07) is 0. The number of halogens is 3. The summed E-state index contributed by atoms with van der Waals surface area (Å²) in [6.07, 6.45) is -4.23. The van der Waals surface area contributed by atoms with Crippen LogP contribution in [0.25, 0.3) is 0 Å². The number of hydrogen-bond donors (Lipinski definition) is 0. The molecular formula is C12H22F3N3. The molecule has 0 bridgehead atoms. The number of nitrogens with zero attached hydrogens (tertiary/aromatic N) is 3. The van der Waals surface area contributed by atoms with E-state index in [0.29, 0.717) is 5.84 Å². The number of amidine groups is 1. The molecule has 1 aliphatic rings. The molecule has 3 nitrogen and oxygen atoms in total. The Morgan fingerprint density at radius 2 is 1.56 bits per heavy atom. The zero-order valence-electron chi connectivity index (χ0n) is 11.5. The molecule has 1 rings (SSSR count). The van der Waals surface area contributed by atoms with E-state index in [1.807, 2.05) is 32.7 Å². The molecule has 0 aliphatic carbocycles. The van der Waals surface area contributed by atoms with E-state index in [1.54, 1.807) is 0 Å². The van der Waals surface area contributed by atoms with Crippen LogP contribution in [0, 0.1) is 5.41 Å². The fourth-order valence-corrected chi connectivity index (χ4v) is 1.99. The van der Waals surface area contributed by atoms with E-state index in [1.165, 1.54) is 0 Å². The predicted octanol–water partition coefficient (Wildman–Crippen LogP) is 2.24. The average molecular weight is 265 g/mol. The molecule has 0 spiro atoms. The highest BCUT2D eigenvalue weighted by Crippen LogP contribution is 2.22. The number of alkyl halides is 3. The maximum Gasteiger partial charge on any atom is 0.408 e. The summed E-state index contributed by atoms with van der Waals surface area (Å²) in [7, 11) is 2.01. The SMILES string of the molecule is CN1CCN(C(=NCC(F)(F)F)C(C)(C)C)CC1. The second-order valence-corrected chi connectivity index (χ2v) is 5.80. The van der Waals surface area contributed by atoms with Crippen molar-refractivity contribution in [3.8, 4) is 0 Å². The van der Waals surface area contributed by atoms with Crippen LogP contribution in [-0.4, -0.2) is 61.6 Å². The van der Waals surface area contributed by atoms with Crippen molar-refractivity contribution in [1.29, 1.82) is 0 Å². The molecule has 1 fully saturated rings. The predicted molar refractivity (Wildman–Crippen MR) is 66.9 cm³/mol. The van der Waals surface area contributed by atoms with Crippen molar-refractivity contribution in [3.63, 3.8) is 0 Å². The van der Waals surface area contributed by atoms with Crippen molar-refractivity contribution in [3.05, 3.63) is 0 Å². The molecule has 6 heteroatoms. The monoisotopic (exact) mass is 265 g/mol. The second kappa shape index (κ2) is 5.47. The van der Waals surface area contributed by atoms with Crippen molar-refractivity contribution >= 4 is 5.84 Å². The number of hydrogen-bond acceptors (Lipinski definition) is 2. The largest absolute Gasteiger partial charge is 0.408 e. The van der Waals surface area contributed by atoms with Gasteiger partial charge in [0.15, 0.2) is 0 Å². The van der Waals surface area contributed by atoms with Crippen molar-refractivity contribution < 1.29 is 13.2 Å². The highest BCUT2D eigenvalue weighted by Gasteiger charge is 2.31. The first kappa shape index (κ1) is 15.3. The maximum absolute atomic E-state index is 12.3. The third-order valence-corrected chi connectivity index (χ3v) is 2.88. The number of likely N-dealkylation sites (N-methyl/N-ethyl adjacent to an activating group) is 1. The Labute approximate surface area is 107 Å². The van der Waals surface area contributed by atoms with Crippen LogP contribution >= 0.6 is 0 Å². The summed E-state index contributed by atoms with van der Waals surface area (Å²) in [6.45, 7) is 7.82. The van der Waals surface area contributed by atoms with Gasteiger partial charge >= 0.3 is 6.18 Å². The minimum Gasteiger partial charge on any atom is -0.357 e. The van der Waals surface area contributed by atoms with Crippen molar-refractivity contribution in [2.75, 3.05) is 39.8 Å². The van der Waals surface area contributed by atoms with Gasteiger partial charge in [0, 0.05) is 31.6 Å². The van der Waals surface area contributed by atoms with E-state index >= 15 is 0 Å². The highest BCUT2D eigenvalue weighted by molar-refractivity contribution is 5.87. The molecule has 0 saturated carbocycles. The van der Waals surface area contributed by atoms with Crippen LogP contribution < -0.4 is 0 Å². The van der Waals surface area contributed by atoms with Gasteiger partial charge in [-0.1, -0.05) is 20.8 Å². The van der Waals surface area contributed by atoms with Crippen molar-refractivity contribution in [1.82, 2.24) is 9.80 Å². The van der Waals surface area contributed by atoms with Gasteiger partial charge in [0.1, 0.15) is 12.4 Å². The van der Waals surface area contributed by atoms with E-state index in [9.17, 15) is 13.2 Å². The molecule has 18 heavy (non-hydrogen) atoms. The molecule has 0 amide bonds. The summed E-state index contributed by atoms with van der Waals surface area (Å²) >= 11 is 0. The second-order valence-electron chi connectivity index (χ2n) is 5.80. The maximum atomic E-state index is 12.3. The Hall–Kier alpha value is -0.780. The molecule has 106 valence electrons. The van der Waals surface area contributed by atoms with E-state index in [4.69, 9.17) is 0 Å². The molecule has 0 aromatic rings. The Morgan fingerprint density at radius 1 is 1.06 bits per heavy atom. The Balaban J connectivity index is 2.79. The lowest BCUT2D eigenvalue weighted by molar-refractivity contribution is -0.118. The summed E-state index contributed by atoms with van der Waals surface area (Å²) < 4.78 is 36.9. The first-order chi connectivity index (χ1) is 8.09. The molecule has 0 radical (unpaired) electrons. The van der Waals surface area contributed by atoms with E-state index in [2.05, 4.69) is 9.89 Å². The minimum absolute atomic E-state index is 0.360. The molecule has 0 unspecified atom stereocenters. The van der Waals surface area contributed by atoms with Gasteiger partial charge in [0.2, 0.25) is 0 Å². The molecule has 1 heterocycles. The van der Waals surface area contributed by atoms with Gasteiger partial charge in [-0.15, -0.1) is 0 Å². The van der Waals surface area contributed by atoms with Gasteiger partial charge < -0.3 is 9.80 Å². The van der Waals surface area contributed by atoms with Crippen molar-refractivity contribution in [2.24, 2.45) is 10.4 Å². The number of rotatable bonds is 1. The van der Waals surface area contributed by atoms with Gasteiger partial charge in [-0.25, -0.2) is 0 Å². The van der Waals surface area contributed by atoms with Gasteiger partial charge in [-0.3, -0.25) is 4.99 Å². The first-order valence-corrected chi connectivity index (χ1v) is 6.15. The third-order valence-electron chi connectivity index (χ3n) is 2.88. The number of piperazine rings is 1. The van der Waals surface area contributed by atoms with E-state index in [0.717, 1.165) is 26.2 Å². The molecule has 0 atom stereocenters. The van der Waals surface area contributed by atoms with E-state index < -0.39 is 12.7 Å². The minimum atomic E-state index is -4.23. The van der Waals surface area contributed by atoms with Crippen LogP contribution in [0.2, 0.25) is 0 Å². The van der Waals surface area contributed by atoms with Gasteiger partial charge in [0.05, 0.1) is 0 Å². The Bertz CT molecular complexity index is 297. The standard InChI is InChI=1S/C12H22F3N3/c1-11(2,3)10(16-9-12(13,14)15)18-7-5-17(4)6-8-18/h5-9H2,1-4H3. The van der Waals surface area contributed by atoms with Crippen LogP contribution in [-0.2, 0) is 0 Å². The lowest BCUT2D eigenvalue weighted by Gasteiger charge is -2.39. The van der Waals surface area contributed by atoms with Crippen LogP contribution in [0.5, 0.6) is 0 Å². The molecular weight excluding hydrogens is 243 g/mol. The van der Waals surface area contributed by atoms with Crippen LogP contribution in [0.3, 0.4) is 0 Å². The quantitative estimate of drug-likeness (QED) is 0.535. The van der Waals surface area contributed by atoms with E-state index in [-0.39, 0.29) is 5.41 Å². The fourth-order valence-electron chi connectivity index (χ4n) is 1.99. The van der Waals surface area contributed by atoms with Crippen LogP contribution in [0.15, 0.2) is 4.99 Å². The summed E-state index contributed by atoms with van der Waals surface area (Å²) in [5, 5.41) is 0. The summed E-state index contributed by atoms with van der Waals surface area (Å²) in [5.74, 6) is 0.563. The topological polar surface area (TPSA) is 18.8 Å². The third kappa shape index (κ3) is 4.84. The van der Waals surface area contributed by atoms with Crippen LogP contribution in [0.4, 0.5) is 13.2 Å². The molecule has 1 aliphatic heterocycles. The smallest absolute Gasteiger partial charge is 0.357 e. The van der Waals surface area contributed by atoms with Crippen molar-refractivity contribution in [2.45, 2.75) is 26.9 Å².